The van der Waals surface area contributed by atoms with Gasteiger partial charge in [-0.2, -0.15) is 0 Å². The number of benzene rings is 1. The van der Waals surface area contributed by atoms with Gasteiger partial charge in [-0.25, -0.2) is 4.79 Å². The van der Waals surface area contributed by atoms with Gasteiger partial charge in [0, 0.05) is 11.5 Å². The summed E-state index contributed by atoms with van der Waals surface area (Å²) in [6, 6.07) is 8.86. The van der Waals surface area contributed by atoms with Gasteiger partial charge in [0.15, 0.2) is 0 Å². The van der Waals surface area contributed by atoms with E-state index in [1.807, 2.05) is 6.07 Å². The molecule has 4 nitrogen and oxygen atoms in total. The molecule has 0 amide bonds. The lowest BCUT2D eigenvalue weighted by Gasteiger charge is -2.34. The SMILES string of the molecule is CC1(C(=O)O)C=CC=C(C(=O)O)C1c1ccccc1. The maximum absolute atomic E-state index is 11.6. The largest absolute Gasteiger partial charge is 0.481 e. The van der Waals surface area contributed by atoms with Gasteiger partial charge in [-0.3, -0.25) is 4.79 Å². The molecule has 19 heavy (non-hydrogen) atoms. The summed E-state index contributed by atoms with van der Waals surface area (Å²) in [6.45, 7) is 1.54. The molecule has 2 N–H and O–H groups in total. The Hall–Kier alpha value is -2.36. The Balaban J connectivity index is 2.60. The molecule has 0 heterocycles. The van der Waals surface area contributed by atoms with Gasteiger partial charge in [0.05, 0.1) is 5.41 Å². The van der Waals surface area contributed by atoms with Crippen molar-refractivity contribution >= 4 is 11.9 Å². The van der Waals surface area contributed by atoms with Crippen LogP contribution in [0.2, 0.25) is 0 Å². The first-order valence-electron chi connectivity index (χ1n) is 5.88. The third-order valence-electron chi connectivity index (χ3n) is 3.47. The second-order valence-corrected chi connectivity index (χ2v) is 4.72. The number of aliphatic carboxylic acids is 2. The molecule has 0 aliphatic heterocycles. The molecule has 0 spiro atoms. The van der Waals surface area contributed by atoms with Crippen LogP contribution in [0, 0.1) is 5.41 Å². The maximum Gasteiger partial charge on any atom is 0.332 e. The van der Waals surface area contributed by atoms with Crippen molar-refractivity contribution in [3.63, 3.8) is 0 Å². The minimum Gasteiger partial charge on any atom is -0.481 e. The number of hydrogen-bond donors (Lipinski definition) is 2. The van der Waals surface area contributed by atoms with E-state index in [1.165, 1.54) is 12.2 Å². The highest BCUT2D eigenvalue weighted by molar-refractivity contribution is 5.93. The van der Waals surface area contributed by atoms with Crippen LogP contribution in [-0.4, -0.2) is 22.2 Å². The third-order valence-corrected chi connectivity index (χ3v) is 3.47. The molecule has 1 aromatic carbocycles. The quantitative estimate of drug-likeness (QED) is 0.873. The van der Waals surface area contributed by atoms with Gasteiger partial charge < -0.3 is 10.2 Å². The normalized spacial score (nSPS) is 25.7. The fraction of sp³-hybridized carbons (Fsp3) is 0.200. The fourth-order valence-electron chi connectivity index (χ4n) is 2.43. The topological polar surface area (TPSA) is 74.6 Å². The molecule has 0 saturated carbocycles. The van der Waals surface area contributed by atoms with Crippen LogP contribution in [0.5, 0.6) is 0 Å². The Morgan fingerprint density at radius 3 is 2.32 bits per heavy atom. The van der Waals surface area contributed by atoms with E-state index >= 15 is 0 Å². The minimum absolute atomic E-state index is 0.0959. The first-order chi connectivity index (χ1) is 8.97. The van der Waals surface area contributed by atoms with Crippen LogP contribution in [0.25, 0.3) is 0 Å². The molecule has 4 heteroatoms. The lowest BCUT2D eigenvalue weighted by molar-refractivity contribution is -0.146. The van der Waals surface area contributed by atoms with Gasteiger partial charge in [-0.15, -0.1) is 0 Å². The Labute approximate surface area is 110 Å². The van der Waals surface area contributed by atoms with Gasteiger partial charge in [0.2, 0.25) is 0 Å². The highest BCUT2D eigenvalue weighted by atomic mass is 16.4. The summed E-state index contributed by atoms with van der Waals surface area (Å²) < 4.78 is 0. The molecule has 2 rings (SSSR count). The van der Waals surface area contributed by atoms with Crippen LogP contribution < -0.4 is 0 Å². The number of allylic oxidation sites excluding steroid dienone is 2. The predicted molar refractivity (Wildman–Crippen MR) is 69.8 cm³/mol. The van der Waals surface area contributed by atoms with E-state index in [1.54, 1.807) is 37.3 Å². The second kappa shape index (κ2) is 4.72. The molecule has 0 fully saturated rings. The Morgan fingerprint density at radius 1 is 1.16 bits per heavy atom. The zero-order chi connectivity index (χ0) is 14.0. The lowest BCUT2D eigenvalue weighted by Crippen LogP contribution is -2.36. The van der Waals surface area contributed by atoms with E-state index in [-0.39, 0.29) is 5.57 Å². The molecule has 0 radical (unpaired) electrons. The molecular weight excluding hydrogens is 244 g/mol. The summed E-state index contributed by atoms with van der Waals surface area (Å²) in [7, 11) is 0. The molecular formula is C15H14O4. The average Bonchev–Trinajstić information content (AvgIpc) is 2.39. The van der Waals surface area contributed by atoms with E-state index < -0.39 is 23.3 Å². The van der Waals surface area contributed by atoms with E-state index in [0.717, 1.165) is 0 Å². The van der Waals surface area contributed by atoms with Crippen LogP contribution in [0.4, 0.5) is 0 Å². The van der Waals surface area contributed by atoms with Crippen LogP contribution in [-0.2, 0) is 9.59 Å². The van der Waals surface area contributed by atoms with Gasteiger partial charge in [-0.05, 0) is 12.5 Å². The maximum atomic E-state index is 11.6. The van der Waals surface area contributed by atoms with Crippen molar-refractivity contribution in [2.45, 2.75) is 12.8 Å². The number of carboxylic acids is 2. The summed E-state index contributed by atoms with van der Waals surface area (Å²) in [4.78, 5) is 22.9. The van der Waals surface area contributed by atoms with E-state index in [0.29, 0.717) is 5.56 Å². The number of carboxylic acid groups (broad SMARTS) is 2. The van der Waals surface area contributed by atoms with Gasteiger partial charge in [0.1, 0.15) is 0 Å². The highest BCUT2D eigenvalue weighted by Gasteiger charge is 2.45. The molecule has 1 aliphatic rings. The lowest BCUT2D eigenvalue weighted by atomic mass is 9.67. The zero-order valence-corrected chi connectivity index (χ0v) is 10.4. The number of carbonyl (C=O) groups is 2. The van der Waals surface area contributed by atoms with Crippen LogP contribution in [0.15, 0.2) is 54.1 Å². The molecule has 2 unspecified atom stereocenters. The Bertz CT molecular complexity index is 571. The third kappa shape index (κ3) is 2.17. The zero-order valence-electron chi connectivity index (χ0n) is 10.4. The molecule has 0 bridgehead atoms. The summed E-state index contributed by atoms with van der Waals surface area (Å²) in [5.74, 6) is -2.83. The van der Waals surface area contributed by atoms with E-state index in [9.17, 15) is 19.8 Å². The van der Waals surface area contributed by atoms with Crippen molar-refractivity contribution in [2.24, 2.45) is 5.41 Å². The monoisotopic (exact) mass is 258 g/mol. The van der Waals surface area contributed by atoms with Crippen molar-refractivity contribution in [1.29, 1.82) is 0 Å². The van der Waals surface area contributed by atoms with Crippen LogP contribution in [0.3, 0.4) is 0 Å². The van der Waals surface area contributed by atoms with Crippen LogP contribution in [0.1, 0.15) is 18.4 Å². The van der Waals surface area contributed by atoms with Crippen molar-refractivity contribution < 1.29 is 19.8 Å². The molecule has 2 atom stereocenters. The first-order valence-corrected chi connectivity index (χ1v) is 5.88. The van der Waals surface area contributed by atoms with Crippen molar-refractivity contribution in [3.8, 4) is 0 Å². The Kier molecular flexibility index (Phi) is 3.25. The number of rotatable bonds is 3. The molecule has 0 saturated heterocycles. The van der Waals surface area contributed by atoms with Crippen LogP contribution >= 0.6 is 0 Å². The molecule has 0 aromatic heterocycles. The summed E-state index contributed by atoms with van der Waals surface area (Å²) in [6.07, 6.45) is 4.50. The predicted octanol–water partition coefficient (Wildman–Crippen LogP) is 2.44. The molecule has 98 valence electrons. The minimum atomic E-state index is -1.26. The van der Waals surface area contributed by atoms with Gasteiger partial charge in [0.25, 0.3) is 0 Å². The van der Waals surface area contributed by atoms with Crippen molar-refractivity contribution in [2.75, 3.05) is 0 Å². The number of hydrogen-bond acceptors (Lipinski definition) is 2. The van der Waals surface area contributed by atoms with E-state index in [4.69, 9.17) is 0 Å². The highest BCUT2D eigenvalue weighted by Crippen LogP contribution is 2.45. The van der Waals surface area contributed by atoms with Crippen molar-refractivity contribution in [1.82, 2.24) is 0 Å². The summed E-state index contributed by atoms with van der Waals surface area (Å²) >= 11 is 0. The second-order valence-electron chi connectivity index (χ2n) is 4.72. The Morgan fingerprint density at radius 2 is 1.79 bits per heavy atom. The van der Waals surface area contributed by atoms with Gasteiger partial charge >= 0.3 is 11.9 Å². The fourth-order valence-corrected chi connectivity index (χ4v) is 2.43. The first kappa shape index (κ1) is 13.1. The summed E-state index contributed by atoms with van der Waals surface area (Å²) in [5.41, 5.74) is -0.479. The summed E-state index contributed by atoms with van der Waals surface area (Å²) in [5, 5.41) is 18.7. The molecule has 1 aromatic rings. The standard InChI is InChI=1S/C15H14O4/c1-15(14(18)19)9-5-8-11(13(16)17)12(15)10-6-3-2-4-7-10/h2-9,12H,1H3,(H,16,17)(H,18,19). The van der Waals surface area contributed by atoms with Crippen molar-refractivity contribution in [3.05, 3.63) is 59.7 Å². The molecule has 1 aliphatic carbocycles. The van der Waals surface area contributed by atoms with Gasteiger partial charge in [-0.1, -0.05) is 48.6 Å². The average molecular weight is 258 g/mol. The van der Waals surface area contributed by atoms with E-state index in [2.05, 4.69) is 0 Å². The smallest absolute Gasteiger partial charge is 0.332 e.